The molecule has 1 aromatic carbocycles. The summed E-state index contributed by atoms with van der Waals surface area (Å²) in [5.74, 6) is 2.27. The van der Waals surface area contributed by atoms with E-state index in [0.717, 1.165) is 0 Å². The highest BCUT2D eigenvalue weighted by molar-refractivity contribution is 7.90. The first kappa shape index (κ1) is 14.3. The summed E-state index contributed by atoms with van der Waals surface area (Å²) < 4.78 is 61.4. The third-order valence-corrected chi connectivity index (χ3v) is 2.77. The van der Waals surface area contributed by atoms with Crippen LogP contribution in [0.4, 0.5) is 18.9 Å². The van der Waals surface area contributed by atoms with Gasteiger partial charge >= 0.3 is 6.18 Å². The van der Waals surface area contributed by atoms with Gasteiger partial charge < -0.3 is 0 Å². The minimum Gasteiger partial charge on any atom is -0.271 e. The maximum atomic E-state index is 11.9. The molecule has 2 N–H and O–H groups in total. The third-order valence-electron chi connectivity index (χ3n) is 1.74. The first-order chi connectivity index (χ1) is 8.22. The number of halogens is 3. The highest BCUT2D eigenvalue weighted by Gasteiger charge is 2.29. The van der Waals surface area contributed by atoms with Crippen molar-refractivity contribution in [3.05, 3.63) is 29.8 Å². The summed E-state index contributed by atoms with van der Waals surface area (Å²) in [7, 11) is -4.28. The maximum Gasteiger partial charge on any atom is 0.402 e. The first-order valence-electron chi connectivity index (χ1n) is 4.63. The first-order valence-corrected chi connectivity index (χ1v) is 6.11. The van der Waals surface area contributed by atoms with Gasteiger partial charge in [0.05, 0.1) is 5.69 Å². The molecule has 0 spiro atoms. The number of terminal acetylenes is 1. The number of rotatable bonds is 4. The van der Waals surface area contributed by atoms with Crippen molar-refractivity contribution in [1.29, 1.82) is 0 Å². The van der Waals surface area contributed by atoms with Crippen molar-refractivity contribution in [2.24, 2.45) is 0 Å². The molecule has 4 nitrogen and oxygen atoms in total. The van der Waals surface area contributed by atoms with Crippen molar-refractivity contribution < 1.29 is 21.6 Å². The Morgan fingerprint density at radius 3 is 2.56 bits per heavy atom. The van der Waals surface area contributed by atoms with Crippen LogP contribution in [0.25, 0.3) is 0 Å². The summed E-state index contributed by atoms with van der Waals surface area (Å²) in [5, 5.41) is 0. The Kier molecular flexibility index (Phi) is 4.21. The molecule has 0 atom stereocenters. The van der Waals surface area contributed by atoms with E-state index in [4.69, 9.17) is 6.42 Å². The van der Waals surface area contributed by atoms with Gasteiger partial charge in [0, 0.05) is 5.56 Å². The van der Waals surface area contributed by atoms with Crippen molar-refractivity contribution in [2.75, 3.05) is 11.3 Å². The fraction of sp³-hybridized carbons (Fsp3) is 0.200. The lowest BCUT2D eigenvalue weighted by Crippen LogP contribution is -2.37. The van der Waals surface area contributed by atoms with Crippen LogP contribution in [0, 0.1) is 12.3 Å². The topological polar surface area (TPSA) is 58.2 Å². The monoisotopic (exact) mass is 278 g/mol. The van der Waals surface area contributed by atoms with Gasteiger partial charge in [0.1, 0.15) is 6.54 Å². The standard InChI is InChI=1S/C10H9F3N2O2S/c1-2-8-4-3-5-9(6-8)15-18(16,17)14-7-10(11,12)13/h1,3-6,14-15H,7H2. The molecule has 18 heavy (non-hydrogen) atoms. The molecule has 0 aliphatic rings. The second-order valence-electron chi connectivity index (χ2n) is 3.27. The molecule has 0 radical (unpaired) electrons. The largest absolute Gasteiger partial charge is 0.402 e. The van der Waals surface area contributed by atoms with Crippen LogP contribution in [0.5, 0.6) is 0 Å². The summed E-state index contributed by atoms with van der Waals surface area (Å²) in [6.07, 6.45) is 0.491. The van der Waals surface area contributed by atoms with E-state index < -0.39 is 22.9 Å². The molecule has 0 aromatic heterocycles. The molecule has 0 saturated carbocycles. The van der Waals surface area contributed by atoms with Gasteiger partial charge in [0.25, 0.3) is 10.2 Å². The van der Waals surface area contributed by atoms with Crippen LogP contribution < -0.4 is 9.44 Å². The second-order valence-corrected chi connectivity index (χ2v) is 4.77. The number of hydrogen-bond donors (Lipinski definition) is 2. The lowest BCUT2D eigenvalue weighted by molar-refractivity contribution is -0.121. The summed E-state index contributed by atoms with van der Waals surface area (Å²) in [6, 6.07) is 5.73. The summed E-state index contributed by atoms with van der Waals surface area (Å²) >= 11 is 0. The Morgan fingerprint density at radius 2 is 2.00 bits per heavy atom. The third kappa shape index (κ3) is 5.07. The predicted octanol–water partition coefficient (Wildman–Crippen LogP) is 1.48. The van der Waals surface area contributed by atoms with E-state index in [1.54, 1.807) is 6.07 Å². The molecule has 1 rings (SSSR count). The minimum absolute atomic E-state index is 0.0834. The zero-order chi connectivity index (χ0) is 13.8. The van der Waals surface area contributed by atoms with Gasteiger partial charge in [-0.2, -0.15) is 26.3 Å². The van der Waals surface area contributed by atoms with Crippen LogP contribution in [0.1, 0.15) is 5.56 Å². The van der Waals surface area contributed by atoms with Gasteiger partial charge in [-0.25, -0.2) is 0 Å². The number of hydrogen-bond acceptors (Lipinski definition) is 2. The number of nitrogens with one attached hydrogen (secondary N) is 2. The highest BCUT2D eigenvalue weighted by atomic mass is 32.2. The van der Waals surface area contributed by atoms with Crippen LogP contribution in [0.2, 0.25) is 0 Å². The van der Waals surface area contributed by atoms with Gasteiger partial charge in [-0.05, 0) is 18.2 Å². The SMILES string of the molecule is C#Cc1cccc(NS(=O)(=O)NCC(F)(F)F)c1. The Morgan fingerprint density at radius 1 is 1.33 bits per heavy atom. The van der Waals surface area contributed by atoms with E-state index in [2.05, 4.69) is 5.92 Å². The molecule has 8 heteroatoms. The predicted molar refractivity (Wildman–Crippen MR) is 61.0 cm³/mol. The van der Waals surface area contributed by atoms with Crippen molar-refractivity contribution in [3.63, 3.8) is 0 Å². The molecule has 0 saturated heterocycles. The minimum atomic E-state index is -4.62. The normalized spacial score (nSPS) is 11.9. The van der Waals surface area contributed by atoms with Gasteiger partial charge in [-0.3, -0.25) is 4.72 Å². The smallest absolute Gasteiger partial charge is 0.271 e. The van der Waals surface area contributed by atoms with Crippen molar-refractivity contribution in [1.82, 2.24) is 4.72 Å². The molecule has 0 heterocycles. The van der Waals surface area contributed by atoms with E-state index in [0.29, 0.717) is 5.56 Å². The van der Waals surface area contributed by atoms with E-state index in [1.165, 1.54) is 22.9 Å². The molecule has 0 aliphatic carbocycles. The van der Waals surface area contributed by atoms with Gasteiger partial charge in [-0.15, -0.1) is 6.42 Å². The maximum absolute atomic E-state index is 11.9. The quantitative estimate of drug-likeness (QED) is 0.820. The van der Waals surface area contributed by atoms with Gasteiger partial charge in [-0.1, -0.05) is 12.0 Å². The van der Waals surface area contributed by atoms with E-state index in [9.17, 15) is 21.6 Å². The molecule has 1 aromatic rings. The van der Waals surface area contributed by atoms with Crippen molar-refractivity contribution >= 4 is 15.9 Å². The molecular formula is C10H9F3N2O2S. The van der Waals surface area contributed by atoms with E-state index >= 15 is 0 Å². The Bertz CT molecular complexity index is 561. The fourth-order valence-corrected chi connectivity index (χ4v) is 1.90. The lowest BCUT2D eigenvalue weighted by atomic mass is 10.2. The number of alkyl halides is 3. The van der Waals surface area contributed by atoms with Crippen LogP contribution in [0.3, 0.4) is 0 Å². The van der Waals surface area contributed by atoms with Crippen molar-refractivity contribution in [2.45, 2.75) is 6.18 Å². The van der Waals surface area contributed by atoms with Crippen LogP contribution in [-0.4, -0.2) is 21.1 Å². The average molecular weight is 278 g/mol. The zero-order valence-electron chi connectivity index (χ0n) is 8.95. The summed E-state index contributed by atoms with van der Waals surface area (Å²) in [6.45, 7) is -1.64. The Hall–Kier alpha value is -1.72. The van der Waals surface area contributed by atoms with Crippen LogP contribution >= 0.6 is 0 Å². The number of benzene rings is 1. The van der Waals surface area contributed by atoms with E-state index in [-0.39, 0.29) is 5.69 Å². The fourth-order valence-electron chi connectivity index (χ4n) is 1.04. The molecule has 0 aliphatic heterocycles. The molecule has 0 unspecified atom stereocenters. The van der Waals surface area contributed by atoms with E-state index in [1.807, 2.05) is 4.72 Å². The molecule has 0 bridgehead atoms. The Balaban J connectivity index is 2.74. The van der Waals surface area contributed by atoms with Crippen LogP contribution in [-0.2, 0) is 10.2 Å². The lowest BCUT2D eigenvalue weighted by Gasteiger charge is -2.11. The van der Waals surface area contributed by atoms with Gasteiger partial charge in [0.15, 0.2) is 0 Å². The van der Waals surface area contributed by atoms with Crippen molar-refractivity contribution in [3.8, 4) is 12.3 Å². The summed E-state index contributed by atoms with van der Waals surface area (Å²) in [5.41, 5.74) is 0.492. The van der Waals surface area contributed by atoms with Gasteiger partial charge in [0.2, 0.25) is 0 Å². The van der Waals surface area contributed by atoms with Crippen LogP contribution in [0.15, 0.2) is 24.3 Å². The zero-order valence-corrected chi connectivity index (χ0v) is 9.77. The highest BCUT2D eigenvalue weighted by Crippen LogP contribution is 2.14. The molecule has 0 fully saturated rings. The Labute approximate surface area is 102 Å². The second kappa shape index (κ2) is 5.29. The molecular weight excluding hydrogens is 269 g/mol. The molecule has 98 valence electrons. The molecule has 0 amide bonds. The average Bonchev–Trinajstić information content (AvgIpc) is 2.25. The number of anilines is 1. The summed E-state index contributed by atoms with van der Waals surface area (Å²) in [4.78, 5) is 0.